The maximum Gasteiger partial charge on any atom is 0.220 e. The zero-order chi connectivity index (χ0) is 16.0. The molecule has 0 fully saturated rings. The van der Waals surface area contributed by atoms with Crippen LogP contribution in [-0.4, -0.2) is 12.5 Å². The summed E-state index contributed by atoms with van der Waals surface area (Å²) in [5, 5.41) is 3.11. The van der Waals surface area contributed by atoms with E-state index in [1.54, 1.807) is 0 Å². The van der Waals surface area contributed by atoms with Gasteiger partial charge in [0.15, 0.2) is 0 Å². The smallest absolute Gasteiger partial charge is 0.220 e. The lowest BCUT2D eigenvalue weighted by molar-refractivity contribution is -0.122. The van der Waals surface area contributed by atoms with Gasteiger partial charge in [-0.25, -0.2) is 0 Å². The van der Waals surface area contributed by atoms with Gasteiger partial charge >= 0.3 is 0 Å². The highest BCUT2D eigenvalue weighted by atomic mass is 16.1. The van der Waals surface area contributed by atoms with Gasteiger partial charge in [0, 0.05) is 6.42 Å². The largest absolute Gasteiger partial charge is 0.350 e. The number of carbonyl (C=O) groups excluding carboxylic acids is 1. The molecule has 0 saturated heterocycles. The van der Waals surface area contributed by atoms with Gasteiger partial charge in [0.2, 0.25) is 5.91 Å². The van der Waals surface area contributed by atoms with Crippen molar-refractivity contribution in [3.05, 3.63) is 34.9 Å². The minimum absolute atomic E-state index is 0.0369. The third-order valence-electron chi connectivity index (χ3n) is 3.89. The first-order valence-corrected chi connectivity index (χ1v) is 7.90. The third kappa shape index (κ3) is 5.88. The van der Waals surface area contributed by atoms with Gasteiger partial charge in [-0.15, -0.1) is 0 Å². The Morgan fingerprint density at radius 3 is 2.48 bits per heavy atom. The summed E-state index contributed by atoms with van der Waals surface area (Å²) in [6.07, 6.45) is 1.52. The van der Waals surface area contributed by atoms with Crippen molar-refractivity contribution < 1.29 is 4.79 Å². The van der Waals surface area contributed by atoms with Crippen molar-refractivity contribution in [2.45, 2.75) is 53.5 Å². The topological polar surface area (TPSA) is 55.1 Å². The van der Waals surface area contributed by atoms with Gasteiger partial charge in [0.05, 0.1) is 6.04 Å². The molecule has 0 radical (unpaired) electrons. The molecule has 3 N–H and O–H groups in total. The Hall–Kier alpha value is -1.35. The normalized spacial score (nSPS) is 14.0. The summed E-state index contributed by atoms with van der Waals surface area (Å²) >= 11 is 0. The summed E-state index contributed by atoms with van der Waals surface area (Å²) < 4.78 is 0. The molecule has 0 saturated carbocycles. The molecule has 0 bridgehead atoms. The molecule has 0 aliphatic rings. The highest BCUT2D eigenvalue weighted by molar-refractivity contribution is 5.76. The first-order valence-electron chi connectivity index (χ1n) is 7.90. The van der Waals surface area contributed by atoms with E-state index in [-0.39, 0.29) is 17.9 Å². The SMILES string of the molecule is Cc1ccc(C)c(C(C)NC(=O)CC(CN)CC(C)C)c1. The predicted molar refractivity (Wildman–Crippen MR) is 89.1 cm³/mol. The van der Waals surface area contributed by atoms with Gasteiger partial charge in [-0.1, -0.05) is 37.6 Å². The second kappa shape index (κ2) is 8.18. The Bertz CT molecular complexity index is 468. The minimum Gasteiger partial charge on any atom is -0.350 e. The maximum atomic E-state index is 12.2. The van der Waals surface area contributed by atoms with Gasteiger partial charge in [-0.05, 0) is 56.7 Å². The molecule has 3 heteroatoms. The van der Waals surface area contributed by atoms with Gasteiger partial charge in [0.1, 0.15) is 0 Å². The van der Waals surface area contributed by atoms with Crippen molar-refractivity contribution in [1.29, 1.82) is 0 Å². The summed E-state index contributed by atoms with van der Waals surface area (Å²) in [7, 11) is 0. The van der Waals surface area contributed by atoms with Crippen LogP contribution in [0.2, 0.25) is 0 Å². The van der Waals surface area contributed by atoms with Gasteiger partial charge in [-0.2, -0.15) is 0 Å². The molecule has 2 unspecified atom stereocenters. The summed E-state index contributed by atoms with van der Waals surface area (Å²) in [4.78, 5) is 12.2. The molecule has 3 nitrogen and oxygen atoms in total. The molecule has 0 heterocycles. The summed E-state index contributed by atoms with van der Waals surface area (Å²) in [6.45, 7) is 11.1. The van der Waals surface area contributed by atoms with Crippen molar-refractivity contribution in [2.75, 3.05) is 6.54 Å². The molecule has 1 amide bonds. The zero-order valence-corrected chi connectivity index (χ0v) is 14.1. The Morgan fingerprint density at radius 1 is 1.24 bits per heavy atom. The third-order valence-corrected chi connectivity index (χ3v) is 3.89. The van der Waals surface area contributed by atoms with Crippen molar-refractivity contribution in [2.24, 2.45) is 17.6 Å². The number of nitrogens with two attached hydrogens (primary N) is 1. The van der Waals surface area contributed by atoms with Crippen LogP contribution >= 0.6 is 0 Å². The molecule has 1 rings (SSSR count). The average Bonchev–Trinajstić information content (AvgIpc) is 2.39. The van der Waals surface area contributed by atoms with E-state index in [4.69, 9.17) is 5.73 Å². The summed E-state index contributed by atoms with van der Waals surface area (Å²) in [6, 6.07) is 6.39. The number of aryl methyl sites for hydroxylation is 2. The van der Waals surface area contributed by atoms with Crippen molar-refractivity contribution in [3.63, 3.8) is 0 Å². The van der Waals surface area contributed by atoms with Crippen LogP contribution in [0.15, 0.2) is 18.2 Å². The van der Waals surface area contributed by atoms with Crippen LogP contribution in [0.25, 0.3) is 0 Å². The maximum absolute atomic E-state index is 12.2. The lowest BCUT2D eigenvalue weighted by Gasteiger charge is -2.20. The molecule has 0 aromatic heterocycles. The van der Waals surface area contributed by atoms with Crippen molar-refractivity contribution in [3.8, 4) is 0 Å². The van der Waals surface area contributed by atoms with Crippen LogP contribution in [0.1, 0.15) is 56.3 Å². The molecule has 0 spiro atoms. The fourth-order valence-corrected chi connectivity index (χ4v) is 2.80. The van der Waals surface area contributed by atoms with Crippen molar-refractivity contribution >= 4 is 5.91 Å². The molecule has 2 atom stereocenters. The van der Waals surface area contributed by atoms with Gasteiger partial charge in [0.25, 0.3) is 0 Å². The van der Waals surface area contributed by atoms with E-state index < -0.39 is 0 Å². The lowest BCUT2D eigenvalue weighted by atomic mass is 9.93. The number of rotatable bonds is 7. The van der Waals surface area contributed by atoms with Crippen LogP contribution in [0.5, 0.6) is 0 Å². The summed E-state index contributed by atoms with van der Waals surface area (Å²) in [5.41, 5.74) is 9.40. The zero-order valence-electron chi connectivity index (χ0n) is 14.1. The van der Waals surface area contributed by atoms with Gasteiger partial charge in [-0.3, -0.25) is 4.79 Å². The van der Waals surface area contributed by atoms with Crippen LogP contribution in [0, 0.1) is 25.7 Å². The van der Waals surface area contributed by atoms with Crippen LogP contribution in [0.3, 0.4) is 0 Å². The van der Waals surface area contributed by atoms with Crippen LogP contribution in [0.4, 0.5) is 0 Å². The van der Waals surface area contributed by atoms with Crippen LogP contribution < -0.4 is 11.1 Å². The second-order valence-electron chi connectivity index (χ2n) is 6.58. The Labute approximate surface area is 129 Å². The number of hydrogen-bond acceptors (Lipinski definition) is 2. The van der Waals surface area contributed by atoms with Crippen molar-refractivity contribution in [1.82, 2.24) is 5.32 Å². The fraction of sp³-hybridized carbons (Fsp3) is 0.611. The monoisotopic (exact) mass is 290 g/mol. The standard InChI is InChI=1S/C18H30N2O/c1-12(2)8-16(11-19)10-18(21)20-15(5)17-9-13(3)6-7-14(17)4/h6-7,9,12,15-16H,8,10-11,19H2,1-5H3,(H,20,21). The molecule has 21 heavy (non-hydrogen) atoms. The minimum atomic E-state index is 0.0369. The lowest BCUT2D eigenvalue weighted by Crippen LogP contribution is -2.31. The molecule has 1 aromatic carbocycles. The predicted octanol–water partition coefficient (Wildman–Crippen LogP) is 3.49. The highest BCUT2D eigenvalue weighted by Gasteiger charge is 2.17. The first kappa shape index (κ1) is 17.7. The molecular formula is C18H30N2O. The molecule has 0 aliphatic heterocycles. The van der Waals surface area contributed by atoms with E-state index in [0.717, 1.165) is 6.42 Å². The molecule has 1 aromatic rings. The molecular weight excluding hydrogens is 260 g/mol. The number of nitrogens with one attached hydrogen (secondary N) is 1. The number of amides is 1. The van der Waals surface area contributed by atoms with E-state index in [2.05, 4.69) is 51.2 Å². The Morgan fingerprint density at radius 2 is 1.90 bits per heavy atom. The quantitative estimate of drug-likeness (QED) is 0.807. The second-order valence-corrected chi connectivity index (χ2v) is 6.58. The van der Waals surface area contributed by atoms with E-state index in [1.165, 1.54) is 16.7 Å². The Balaban J connectivity index is 2.63. The average molecular weight is 290 g/mol. The highest BCUT2D eigenvalue weighted by Crippen LogP contribution is 2.20. The van der Waals surface area contributed by atoms with Crippen LogP contribution in [-0.2, 0) is 4.79 Å². The molecule has 0 aliphatic carbocycles. The first-order chi connectivity index (χ1) is 9.83. The van der Waals surface area contributed by atoms with Gasteiger partial charge < -0.3 is 11.1 Å². The van der Waals surface area contributed by atoms with E-state index in [0.29, 0.717) is 18.9 Å². The van der Waals surface area contributed by atoms with E-state index in [9.17, 15) is 4.79 Å². The fourth-order valence-electron chi connectivity index (χ4n) is 2.80. The molecule has 118 valence electrons. The Kier molecular flexibility index (Phi) is 6.90. The number of hydrogen-bond donors (Lipinski definition) is 2. The number of benzene rings is 1. The number of carbonyl (C=O) groups is 1. The van der Waals surface area contributed by atoms with E-state index in [1.807, 2.05) is 6.92 Å². The summed E-state index contributed by atoms with van der Waals surface area (Å²) in [5.74, 6) is 0.943. The van der Waals surface area contributed by atoms with E-state index >= 15 is 0 Å².